The Balaban J connectivity index is 1.66. The summed E-state index contributed by atoms with van der Waals surface area (Å²) in [5.41, 5.74) is 2.06. The molecular formula is C17H19ClN2O3. The molecule has 2 fully saturated rings. The van der Waals surface area contributed by atoms with Crippen LogP contribution in [0.5, 0.6) is 0 Å². The van der Waals surface area contributed by atoms with Crippen LogP contribution in [0.1, 0.15) is 49.8 Å². The second kappa shape index (κ2) is 5.80. The number of hydrogen-bond acceptors (Lipinski definition) is 3. The summed E-state index contributed by atoms with van der Waals surface area (Å²) in [6, 6.07) is 4.01. The Morgan fingerprint density at radius 3 is 2.87 bits per heavy atom. The van der Waals surface area contributed by atoms with Crippen molar-refractivity contribution < 1.29 is 14.6 Å². The van der Waals surface area contributed by atoms with Crippen molar-refractivity contribution in [2.45, 2.75) is 44.2 Å². The lowest BCUT2D eigenvalue weighted by molar-refractivity contribution is -0.145. The number of rotatable bonds is 3. The summed E-state index contributed by atoms with van der Waals surface area (Å²) in [7, 11) is 0. The van der Waals surface area contributed by atoms with Crippen molar-refractivity contribution in [1.82, 2.24) is 9.78 Å². The number of carbonyl (C=O) groups is 1. The van der Waals surface area contributed by atoms with Gasteiger partial charge in [-0.25, -0.2) is 4.68 Å². The molecule has 6 heteroatoms. The SMILES string of the molecule is O=C(O)C1CC(c2cc3c(cnn3C3CCCCO3)cc2Cl)C1. The number of ether oxygens (including phenoxy) is 1. The third kappa shape index (κ3) is 2.62. The highest BCUT2D eigenvalue weighted by molar-refractivity contribution is 6.32. The van der Waals surface area contributed by atoms with Gasteiger partial charge in [0.15, 0.2) is 6.23 Å². The fraction of sp³-hybridized carbons (Fsp3) is 0.529. The summed E-state index contributed by atoms with van der Waals surface area (Å²) >= 11 is 6.42. The highest BCUT2D eigenvalue weighted by Crippen LogP contribution is 2.45. The second-order valence-electron chi connectivity index (χ2n) is 6.55. The normalized spacial score (nSPS) is 27.8. The number of carboxylic acids is 1. The molecule has 1 atom stereocenters. The molecule has 1 aromatic heterocycles. The molecule has 1 aromatic carbocycles. The molecule has 1 aliphatic heterocycles. The van der Waals surface area contributed by atoms with Crippen LogP contribution in [0.2, 0.25) is 5.02 Å². The van der Waals surface area contributed by atoms with Gasteiger partial charge in [-0.1, -0.05) is 11.6 Å². The van der Waals surface area contributed by atoms with E-state index in [9.17, 15) is 4.79 Å². The highest BCUT2D eigenvalue weighted by atomic mass is 35.5. The lowest BCUT2D eigenvalue weighted by Gasteiger charge is -2.33. The molecule has 1 unspecified atom stereocenters. The maximum absolute atomic E-state index is 11.0. The molecule has 5 nitrogen and oxygen atoms in total. The summed E-state index contributed by atoms with van der Waals surface area (Å²) in [6.45, 7) is 0.773. The van der Waals surface area contributed by atoms with E-state index in [0.29, 0.717) is 17.9 Å². The molecule has 0 spiro atoms. The van der Waals surface area contributed by atoms with Gasteiger partial charge in [-0.3, -0.25) is 4.79 Å². The van der Waals surface area contributed by atoms with Gasteiger partial charge in [-0.05, 0) is 55.7 Å². The average molecular weight is 335 g/mol. The van der Waals surface area contributed by atoms with Crippen LogP contribution in [0.15, 0.2) is 18.3 Å². The molecule has 0 bridgehead atoms. The fourth-order valence-electron chi connectivity index (χ4n) is 3.61. The van der Waals surface area contributed by atoms with E-state index in [1.165, 1.54) is 0 Å². The molecule has 122 valence electrons. The van der Waals surface area contributed by atoms with Gasteiger partial charge in [0.1, 0.15) is 0 Å². The number of aromatic nitrogens is 2. The van der Waals surface area contributed by atoms with Crippen molar-refractivity contribution >= 4 is 28.5 Å². The maximum Gasteiger partial charge on any atom is 0.306 e. The smallest absolute Gasteiger partial charge is 0.306 e. The topological polar surface area (TPSA) is 64.3 Å². The van der Waals surface area contributed by atoms with Gasteiger partial charge in [0, 0.05) is 17.0 Å². The first-order chi connectivity index (χ1) is 11.1. The quantitative estimate of drug-likeness (QED) is 0.922. The minimum Gasteiger partial charge on any atom is -0.481 e. The first-order valence-corrected chi connectivity index (χ1v) is 8.52. The number of aliphatic carboxylic acids is 1. The molecule has 1 saturated carbocycles. The van der Waals surface area contributed by atoms with Crippen molar-refractivity contribution in [2.75, 3.05) is 6.61 Å². The van der Waals surface area contributed by atoms with E-state index in [1.807, 2.05) is 16.9 Å². The third-order valence-electron chi connectivity index (χ3n) is 5.07. The monoisotopic (exact) mass is 334 g/mol. The van der Waals surface area contributed by atoms with Gasteiger partial charge in [0.05, 0.1) is 17.6 Å². The minimum atomic E-state index is -0.709. The van der Waals surface area contributed by atoms with Gasteiger partial charge >= 0.3 is 5.97 Å². The Hall–Kier alpha value is -1.59. The van der Waals surface area contributed by atoms with Crippen LogP contribution in [0.4, 0.5) is 0 Å². The average Bonchev–Trinajstić information content (AvgIpc) is 2.89. The van der Waals surface area contributed by atoms with E-state index in [2.05, 4.69) is 11.2 Å². The third-order valence-corrected chi connectivity index (χ3v) is 5.40. The molecule has 1 saturated heterocycles. The molecule has 1 aliphatic carbocycles. The Kier molecular flexibility index (Phi) is 3.77. The Morgan fingerprint density at radius 1 is 1.35 bits per heavy atom. The van der Waals surface area contributed by atoms with E-state index in [-0.39, 0.29) is 18.1 Å². The van der Waals surface area contributed by atoms with Crippen LogP contribution in [0, 0.1) is 5.92 Å². The second-order valence-corrected chi connectivity index (χ2v) is 6.95. The van der Waals surface area contributed by atoms with E-state index >= 15 is 0 Å². The Bertz CT molecular complexity index is 746. The largest absolute Gasteiger partial charge is 0.481 e. The van der Waals surface area contributed by atoms with Crippen molar-refractivity contribution in [3.05, 3.63) is 28.9 Å². The van der Waals surface area contributed by atoms with Crippen molar-refractivity contribution in [3.8, 4) is 0 Å². The molecule has 0 amide bonds. The van der Waals surface area contributed by atoms with E-state index in [4.69, 9.17) is 21.4 Å². The molecule has 2 aromatic rings. The summed E-state index contributed by atoms with van der Waals surface area (Å²) in [5, 5.41) is 15.2. The number of nitrogens with zero attached hydrogens (tertiary/aromatic N) is 2. The lowest BCUT2D eigenvalue weighted by atomic mass is 9.71. The zero-order chi connectivity index (χ0) is 16.0. The fourth-order valence-corrected chi connectivity index (χ4v) is 3.94. The first-order valence-electron chi connectivity index (χ1n) is 8.14. The molecule has 2 aliphatic rings. The molecule has 23 heavy (non-hydrogen) atoms. The predicted octanol–water partition coefficient (Wildman–Crippen LogP) is 3.97. The summed E-state index contributed by atoms with van der Waals surface area (Å²) in [5.74, 6) is -0.721. The van der Waals surface area contributed by atoms with Gasteiger partial charge in [0.25, 0.3) is 0 Å². The highest BCUT2D eigenvalue weighted by Gasteiger charge is 2.36. The molecule has 1 N–H and O–H groups in total. The van der Waals surface area contributed by atoms with E-state index < -0.39 is 5.97 Å². The van der Waals surface area contributed by atoms with Crippen LogP contribution in [0.25, 0.3) is 10.9 Å². The number of fused-ring (bicyclic) bond motifs is 1. The van der Waals surface area contributed by atoms with Crippen LogP contribution < -0.4 is 0 Å². The van der Waals surface area contributed by atoms with Crippen molar-refractivity contribution in [2.24, 2.45) is 5.92 Å². The van der Waals surface area contributed by atoms with Crippen molar-refractivity contribution in [1.29, 1.82) is 0 Å². The van der Waals surface area contributed by atoms with Gasteiger partial charge in [-0.2, -0.15) is 5.10 Å². The van der Waals surface area contributed by atoms with Crippen molar-refractivity contribution in [3.63, 3.8) is 0 Å². The van der Waals surface area contributed by atoms with Gasteiger partial charge in [0.2, 0.25) is 0 Å². The summed E-state index contributed by atoms with van der Waals surface area (Å²) < 4.78 is 7.79. The standard InChI is InChI=1S/C17H19ClN2O3/c18-14-7-12-9-19-20(16-3-1-2-4-23-16)15(12)8-13(14)10-5-11(6-10)17(21)22/h7-11,16H,1-6H2,(H,21,22). The Morgan fingerprint density at radius 2 is 2.17 bits per heavy atom. The van der Waals surface area contributed by atoms with Crippen LogP contribution in [0.3, 0.4) is 0 Å². The summed E-state index contributed by atoms with van der Waals surface area (Å²) in [4.78, 5) is 11.0. The first kappa shape index (κ1) is 15.0. The zero-order valence-electron chi connectivity index (χ0n) is 12.7. The molecule has 4 rings (SSSR count). The number of benzene rings is 1. The Labute approximate surface area is 139 Å². The molecular weight excluding hydrogens is 316 g/mol. The number of halogens is 1. The lowest BCUT2D eigenvalue weighted by Crippen LogP contribution is -2.29. The maximum atomic E-state index is 11.0. The number of carboxylic acid groups (broad SMARTS) is 1. The van der Waals surface area contributed by atoms with Crippen LogP contribution >= 0.6 is 11.6 Å². The van der Waals surface area contributed by atoms with Crippen LogP contribution in [-0.4, -0.2) is 27.5 Å². The van der Waals surface area contributed by atoms with E-state index in [1.54, 1.807) is 0 Å². The van der Waals surface area contributed by atoms with Gasteiger partial charge in [-0.15, -0.1) is 0 Å². The molecule has 2 heterocycles. The summed E-state index contributed by atoms with van der Waals surface area (Å²) in [6.07, 6.45) is 6.36. The zero-order valence-corrected chi connectivity index (χ0v) is 13.5. The predicted molar refractivity (Wildman–Crippen MR) is 86.7 cm³/mol. The minimum absolute atomic E-state index is 0.0107. The van der Waals surface area contributed by atoms with Gasteiger partial charge < -0.3 is 9.84 Å². The molecule has 0 radical (unpaired) electrons. The van der Waals surface area contributed by atoms with E-state index in [0.717, 1.165) is 42.3 Å². The van der Waals surface area contributed by atoms with Crippen LogP contribution in [-0.2, 0) is 9.53 Å². The number of hydrogen-bond donors (Lipinski definition) is 1.